The first-order chi connectivity index (χ1) is 9.34. The summed E-state index contributed by atoms with van der Waals surface area (Å²) in [7, 11) is -2.93. The van der Waals surface area contributed by atoms with Crippen molar-refractivity contribution in [2.24, 2.45) is 11.8 Å². The van der Waals surface area contributed by atoms with E-state index in [1.165, 1.54) is 11.3 Å². The van der Waals surface area contributed by atoms with E-state index in [9.17, 15) is 13.2 Å². The highest BCUT2D eigenvalue weighted by Crippen LogP contribution is 2.23. The molecule has 1 amide bonds. The molecule has 20 heavy (non-hydrogen) atoms. The van der Waals surface area contributed by atoms with Gasteiger partial charge in [0.05, 0.1) is 11.5 Å². The Hall–Kier alpha value is -1.02. The molecule has 1 aromatic heterocycles. The van der Waals surface area contributed by atoms with Crippen LogP contribution in [0, 0.1) is 11.8 Å². The van der Waals surface area contributed by atoms with Crippen molar-refractivity contribution in [3.63, 3.8) is 0 Å². The number of carbonyl (C=O) groups excluding carboxylic acids is 1. The van der Waals surface area contributed by atoms with E-state index in [0.29, 0.717) is 17.5 Å². The second-order valence-electron chi connectivity index (χ2n) is 5.62. The van der Waals surface area contributed by atoms with Crippen molar-refractivity contribution in [1.82, 2.24) is 10.2 Å². The van der Waals surface area contributed by atoms with Gasteiger partial charge in [0, 0.05) is 12.8 Å². The third kappa shape index (κ3) is 4.52. The number of hydrogen-bond donors (Lipinski definition) is 1. The van der Waals surface area contributed by atoms with Crippen LogP contribution in [0.2, 0.25) is 0 Å². The molecule has 0 aromatic carbocycles. The lowest BCUT2D eigenvalue weighted by molar-refractivity contribution is -0.116. The minimum absolute atomic E-state index is 0.0666. The van der Waals surface area contributed by atoms with Crippen LogP contribution in [-0.2, 0) is 21.1 Å². The number of hydrogen-bond acceptors (Lipinski definition) is 6. The highest BCUT2D eigenvalue weighted by Gasteiger charge is 2.29. The molecule has 1 aliphatic heterocycles. The van der Waals surface area contributed by atoms with Gasteiger partial charge in [0.25, 0.3) is 0 Å². The molecule has 0 aliphatic carbocycles. The molecule has 0 spiro atoms. The Kier molecular flexibility index (Phi) is 4.74. The lowest BCUT2D eigenvalue weighted by atomic mass is 10.1. The molecule has 8 heteroatoms. The fourth-order valence-corrected chi connectivity index (χ4v) is 5.03. The molecule has 112 valence electrons. The summed E-state index contributed by atoms with van der Waals surface area (Å²) in [6.07, 6.45) is 1.65. The molecule has 1 aromatic rings. The number of nitrogens with zero attached hydrogens (tertiary/aromatic N) is 2. The zero-order valence-electron chi connectivity index (χ0n) is 11.6. The van der Waals surface area contributed by atoms with Gasteiger partial charge in [-0.25, -0.2) is 8.42 Å². The van der Waals surface area contributed by atoms with Crippen LogP contribution < -0.4 is 5.32 Å². The summed E-state index contributed by atoms with van der Waals surface area (Å²) >= 11 is 1.37. The maximum atomic E-state index is 11.8. The van der Waals surface area contributed by atoms with Crippen LogP contribution >= 0.6 is 11.3 Å². The Balaban J connectivity index is 1.84. The second-order valence-corrected chi connectivity index (χ2v) is 8.91. The Morgan fingerprint density at radius 3 is 2.80 bits per heavy atom. The van der Waals surface area contributed by atoms with Gasteiger partial charge in [-0.1, -0.05) is 25.2 Å². The number of carbonyl (C=O) groups is 1. The first kappa shape index (κ1) is 15.4. The first-order valence-electron chi connectivity index (χ1n) is 6.67. The van der Waals surface area contributed by atoms with E-state index in [0.717, 1.165) is 11.4 Å². The maximum Gasteiger partial charge on any atom is 0.226 e. The summed E-state index contributed by atoms with van der Waals surface area (Å²) in [5.74, 6) is 0.565. The molecule has 1 aliphatic rings. The van der Waals surface area contributed by atoms with Crippen molar-refractivity contribution in [3.8, 4) is 0 Å². The summed E-state index contributed by atoms with van der Waals surface area (Å²) < 4.78 is 22.7. The summed E-state index contributed by atoms with van der Waals surface area (Å²) in [6, 6.07) is 0. The zero-order valence-corrected chi connectivity index (χ0v) is 13.3. The van der Waals surface area contributed by atoms with Crippen molar-refractivity contribution in [1.29, 1.82) is 0 Å². The van der Waals surface area contributed by atoms with Crippen LogP contribution in [0.15, 0.2) is 0 Å². The lowest BCUT2D eigenvalue weighted by Gasteiger charge is -2.06. The molecule has 1 fully saturated rings. The molecular formula is C12H19N3O3S2. The Labute approximate surface area is 122 Å². The highest BCUT2D eigenvalue weighted by atomic mass is 32.2. The third-order valence-electron chi connectivity index (χ3n) is 3.10. The van der Waals surface area contributed by atoms with Crippen molar-refractivity contribution in [2.75, 3.05) is 16.8 Å². The number of nitrogens with one attached hydrogen (secondary N) is 1. The quantitative estimate of drug-likeness (QED) is 0.889. The van der Waals surface area contributed by atoms with Crippen LogP contribution in [0.5, 0.6) is 0 Å². The van der Waals surface area contributed by atoms with Crippen LogP contribution in [0.4, 0.5) is 5.13 Å². The van der Waals surface area contributed by atoms with Crippen LogP contribution in [0.25, 0.3) is 0 Å². The molecule has 2 heterocycles. The van der Waals surface area contributed by atoms with Gasteiger partial charge >= 0.3 is 0 Å². The van der Waals surface area contributed by atoms with Crippen LogP contribution in [-0.4, -0.2) is 36.0 Å². The molecule has 1 atom stereocenters. The standard InChI is InChI=1S/C12H19N3O3S2/c1-8(2)5-11-14-15-12(19-11)13-10(16)6-9-3-4-20(17,18)7-9/h8-9H,3-7H2,1-2H3,(H,13,15,16). The second kappa shape index (κ2) is 6.17. The number of sulfone groups is 1. The normalized spacial score (nSPS) is 21.2. The fourth-order valence-electron chi connectivity index (χ4n) is 2.20. The van der Waals surface area contributed by atoms with E-state index in [2.05, 4.69) is 29.4 Å². The molecule has 1 unspecified atom stereocenters. The van der Waals surface area contributed by atoms with Gasteiger partial charge in [-0.05, 0) is 18.3 Å². The number of rotatable bonds is 5. The molecule has 6 nitrogen and oxygen atoms in total. The van der Waals surface area contributed by atoms with E-state index in [1.807, 2.05) is 0 Å². The zero-order chi connectivity index (χ0) is 14.8. The summed E-state index contributed by atoms with van der Waals surface area (Å²) in [4.78, 5) is 11.8. The third-order valence-corrected chi connectivity index (χ3v) is 5.79. The number of aromatic nitrogens is 2. The van der Waals surface area contributed by atoms with E-state index in [4.69, 9.17) is 0 Å². The van der Waals surface area contributed by atoms with Gasteiger partial charge in [0.2, 0.25) is 11.0 Å². The van der Waals surface area contributed by atoms with Crippen LogP contribution in [0.3, 0.4) is 0 Å². The van der Waals surface area contributed by atoms with E-state index < -0.39 is 9.84 Å². The molecular weight excluding hydrogens is 298 g/mol. The van der Waals surface area contributed by atoms with Gasteiger partial charge in [-0.2, -0.15) is 0 Å². The molecule has 0 saturated carbocycles. The topological polar surface area (TPSA) is 89.0 Å². The van der Waals surface area contributed by atoms with Crippen molar-refractivity contribution < 1.29 is 13.2 Å². The molecule has 2 rings (SSSR count). The predicted molar refractivity (Wildman–Crippen MR) is 78.5 cm³/mol. The largest absolute Gasteiger partial charge is 0.301 e. The van der Waals surface area contributed by atoms with Gasteiger partial charge in [-0.3, -0.25) is 4.79 Å². The smallest absolute Gasteiger partial charge is 0.226 e. The summed E-state index contributed by atoms with van der Waals surface area (Å²) in [6.45, 7) is 4.19. The van der Waals surface area contributed by atoms with Gasteiger partial charge < -0.3 is 5.32 Å². The lowest BCUT2D eigenvalue weighted by Crippen LogP contribution is -2.17. The van der Waals surface area contributed by atoms with Crippen molar-refractivity contribution in [2.45, 2.75) is 33.1 Å². The Morgan fingerprint density at radius 1 is 1.45 bits per heavy atom. The van der Waals surface area contributed by atoms with Crippen molar-refractivity contribution in [3.05, 3.63) is 5.01 Å². The first-order valence-corrected chi connectivity index (χ1v) is 9.30. The molecule has 0 bridgehead atoms. The summed E-state index contributed by atoms with van der Waals surface area (Å²) in [5, 5.41) is 12.0. The Morgan fingerprint density at radius 2 is 2.20 bits per heavy atom. The molecule has 1 saturated heterocycles. The van der Waals surface area contributed by atoms with Gasteiger partial charge in [0.15, 0.2) is 9.84 Å². The minimum atomic E-state index is -2.93. The van der Waals surface area contributed by atoms with Crippen LogP contribution in [0.1, 0.15) is 31.7 Å². The number of amides is 1. The predicted octanol–water partition coefficient (Wildman–Crippen LogP) is 1.50. The van der Waals surface area contributed by atoms with E-state index >= 15 is 0 Å². The summed E-state index contributed by atoms with van der Waals surface area (Å²) in [5.41, 5.74) is 0. The monoisotopic (exact) mass is 317 g/mol. The fraction of sp³-hybridized carbons (Fsp3) is 0.750. The molecule has 1 N–H and O–H groups in total. The van der Waals surface area contributed by atoms with E-state index in [-0.39, 0.29) is 29.8 Å². The average molecular weight is 317 g/mol. The average Bonchev–Trinajstić information content (AvgIpc) is 2.85. The number of anilines is 1. The highest BCUT2D eigenvalue weighted by molar-refractivity contribution is 7.91. The van der Waals surface area contributed by atoms with Crippen molar-refractivity contribution >= 4 is 32.2 Å². The SMILES string of the molecule is CC(C)Cc1nnc(NC(=O)CC2CCS(=O)(=O)C2)s1. The van der Waals surface area contributed by atoms with Gasteiger partial charge in [0.1, 0.15) is 5.01 Å². The molecule has 0 radical (unpaired) electrons. The van der Waals surface area contributed by atoms with E-state index in [1.54, 1.807) is 0 Å². The Bertz CT molecular complexity index is 581. The van der Waals surface area contributed by atoms with Gasteiger partial charge in [-0.15, -0.1) is 10.2 Å². The minimum Gasteiger partial charge on any atom is -0.301 e. The maximum absolute atomic E-state index is 11.8.